The lowest BCUT2D eigenvalue weighted by molar-refractivity contribution is 0.0958. The molecule has 0 aliphatic carbocycles. The monoisotopic (exact) mass is 253 g/mol. The van der Waals surface area contributed by atoms with Crippen LogP contribution in [0.1, 0.15) is 24.2 Å². The molecular formula is C13H13N3O2. The Morgan fingerprint density at radius 2 is 2.17 bits per heavy atom. The molecule has 0 radical (unpaired) electrons. The van der Waals surface area contributed by atoms with Crippen LogP contribution in [0.5, 0.6) is 11.5 Å². The Labute approximate surface area is 119 Å². The van der Waals surface area contributed by atoms with Crippen LogP contribution in [-0.4, -0.2) is 17.9 Å². The number of rotatable bonds is 3. The van der Waals surface area contributed by atoms with Crippen LogP contribution in [0.15, 0.2) is 42.4 Å². The number of hydrogen-bond donors (Lipinski definition) is 2. The van der Waals surface area contributed by atoms with Gasteiger partial charge in [0.05, 0.1) is 9.60 Å². The van der Waals surface area contributed by atoms with E-state index in [1.54, 1.807) is 5.32 Å². The number of benzene rings is 1. The number of carbonyl (C=O) groups is 1. The molecule has 0 atom stereocenters. The molecule has 18 heavy (non-hydrogen) atoms. The summed E-state index contributed by atoms with van der Waals surface area (Å²) in [6.45, 7) is -2.89. The Kier molecular flexibility index (Phi) is 1.33. The molecule has 0 unspecified atom stereocenters. The third kappa shape index (κ3) is 2.76. The zero-order chi connectivity index (χ0) is 21.5. The minimum Gasteiger partial charge on any atom is -0.457 e. The van der Waals surface area contributed by atoms with Gasteiger partial charge in [-0.15, -0.1) is 0 Å². The van der Waals surface area contributed by atoms with Gasteiger partial charge in [-0.2, -0.15) is 0 Å². The topological polar surface area (TPSA) is 77.2 Å². The van der Waals surface area contributed by atoms with Crippen LogP contribution in [-0.2, 0) is 0 Å². The van der Waals surface area contributed by atoms with Gasteiger partial charge in [0.2, 0.25) is 0 Å². The molecule has 2 rings (SSSR count). The number of nitrogens with one attached hydrogen (secondary N) is 1. The van der Waals surface area contributed by atoms with Crippen LogP contribution >= 0.6 is 0 Å². The van der Waals surface area contributed by atoms with Crippen molar-refractivity contribution in [3.8, 4) is 11.5 Å². The van der Waals surface area contributed by atoms with E-state index in [2.05, 4.69) is 4.98 Å². The second kappa shape index (κ2) is 5.18. The number of anilines is 1. The highest BCUT2D eigenvalue weighted by atomic mass is 16.5. The number of ether oxygens (including phenoxy) is 1. The maximum Gasteiger partial charge on any atom is 0.269 e. The first-order valence-electron chi connectivity index (χ1n) is 9.60. The summed E-state index contributed by atoms with van der Waals surface area (Å²) in [5.74, 6) is -2.76. The smallest absolute Gasteiger partial charge is 0.269 e. The van der Waals surface area contributed by atoms with Crippen molar-refractivity contribution < 1.29 is 23.2 Å². The molecule has 0 spiro atoms. The van der Waals surface area contributed by atoms with Crippen molar-refractivity contribution in [2.24, 2.45) is 0 Å². The van der Waals surface area contributed by atoms with Crippen molar-refractivity contribution in [2.75, 3.05) is 12.7 Å². The fraction of sp³-hybridized carbons (Fsp3) is 0.0769. The zero-order valence-corrected chi connectivity index (χ0v) is 8.84. The van der Waals surface area contributed by atoms with Crippen molar-refractivity contribution in [1.29, 1.82) is 0 Å². The number of aromatic nitrogens is 1. The summed E-state index contributed by atoms with van der Waals surface area (Å²) in [7, 11) is 0. The van der Waals surface area contributed by atoms with E-state index < -0.39 is 78.2 Å². The Balaban J connectivity index is 2.64. The average Bonchev–Trinajstić information content (AvgIpc) is 2.59. The summed E-state index contributed by atoms with van der Waals surface area (Å²) in [6, 6.07) is -4.27. The van der Waals surface area contributed by atoms with Gasteiger partial charge in [-0.3, -0.25) is 9.78 Å². The lowest BCUT2D eigenvalue weighted by Gasteiger charge is -2.06. The summed E-state index contributed by atoms with van der Waals surface area (Å²) in [5.41, 5.74) is 4.20. The first-order chi connectivity index (χ1) is 12.8. The van der Waals surface area contributed by atoms with Crippen LogP contribution < -0.4 is 15.8 Å². The minimum atomic E-state index is -2.89. The third-order valence-electron chi connectivity index (χ3n) is 1.72. The molecule has 1 heterocycles. The van der Waals surface area contributed by atoms with Gasteiger partial charge in [-0.25, -0.2) is 0 Å². The van der Waals surface area contributed by atoms with E-state index in [9.17, 15) is 4.79 Å². The molecule has 0 aliphatic heterocycles. The first kappa shape index (κ1) is 4.61. The number of nitrogens with two attached hydrogens (primary N) is 1. The SMILES string of the molecule is [2H]c1nc(C(=O)NC([2H])([2H])[2H])c([2H])c(Oc2c([2H])c([2H])c(N)c([2H])c2[2H])c1[2H]. The number of carbonyl (C=O) groups excluding carboxylic acids is 1. The summed E-state index contributed by atoms with van der Waals surface area (Å²) in [4.78, 5) is 15.4. The molecule has 1 aromatic carbocycles. The van der Waals surface area contributed by atoms with E-state index >= 15 is 0 Å². The predicted molar refractivity (Wildman–Crippen MR) is 68.6 cm³/mol. The molecule has 0 saturated carbocycles. The maximum atomic E-state index is 12.0. The van der Waals surface area contributed by atoms with Crippen LogP contribution in [0.4, 0.5) is 5.69 Å². The van der Waals surface area contributed by atoms with E-state index in [0.29, 0.717) is 0 Å². The largest absolute Gasteiger partial charge is 0.457 e. The van der Waals surface area contributed by atoms with Crippen LogP contribution in [0.25, 0.3) is 0 Å². The molecule has 0 saturated heterocycles. The molecule has 2 aromatic rings. The van der Waals surface area contributed by atoms with Crippen LogP contribution in [0, 0.1) is 0 Å². The first-order valence-corrected chi connectivity index (χ1v) is 4.60. The zero-order valence-electron chi connectivity index (χ0n) is 18.8. The van der Waals surface area contributed by atoms with Crippen molar-refractivity contribution in [3.05, 3.63) is 48.1 Å². The van der Waals surface area contributed by atoms with Gasteiger partial charge < -0.3 is 15.8 Å². The highest BCUT2D eigenvalue weighted by molar-refractivity contribution is 5.92. The Hall–Kier alpha value is -2.56. The summed E-state index contributed by atoms with van der Waals surface area (Å²) in [5, 5.41) is 1.59. The fourth-order valence-electron chi connectivity index (χ4n) is 0.983. The van der Waals surface area contributed by atoms with Gasteiger partial charge in [-0.1, -0.05) is 0 Å². The Bertz CT molecular complexity index is 947. The molecule has 0 aliphatic rings. The van der Waals surface area contributed by atoms with Gasteiger partial charge in [0.25, 0.3) is 5.91 Å². The average molecular weight is 253 g/mol. The molecule has 1 aromatic heterocycles. The summed E-state index contributed by atoms with van der Waals surface area (Å²) in [6.07, 6.45) is -0.826. The third-order valence-corrected chi connectivity index (χ3v) is 1.72. The highest BCUT2D eigenvalue weighted by Crippen LogP contribution is 2.22. The fourth-order valence-corrected chi connectivity index (χ4v) is 0.983. The number of amides is 1. The second-order valence-corrected chi connectivity index (χ2v) is 2.95. The van der Waals surface area contributed by atoms with Crippen molar-refractivity contribution in [3.63, 3.8) is 0 Å². The highest BCUT2D eigenvalue weighted by Gasteiger charge is 2.06. The van der Waals surface area contributed by atoms with Crippen LogP contribution in [0.3, 0.4) is 0 Å². The second-order valence-electron chi connectivity index (χ2n) is 2.95. The molecular weight excluding hydrogens is 230 g/mol. The van der Waals surface area contributed by atoms with Crippen molar-refractivity contribution in [1.82, 2.24) is 10.3 Å². The van der Waals surface area contributed by atoms with E-state index in [4.69, 9.17) is 24.2 Å². The Morgan fingerprint density at radius 1 is 1.39 bits per heavy atom. The van der Waals surface area contributed by atoms with Gasteiger partial charge in [0.15, 0.2) is 0 Å². The lowest BCUT2D eigenvalue weighted by Crippen LogP contribution is -2.18. The normalized spacial score (nSPS) is 18.4. The number of hydrogen-bond acceptors (Lipinski definition) is 4. The van der Waals surface area contributed by atoms with Gasteiger partial charge in [-0.05, 0) is 30.2 Å². The number of nitrogen functional groups attached to an aromatic ring is 1. The number of pyridine rings is 1. The lowest BCUT2D eigenvalue weighted by atomic mass is 10.3. The van der Waals surface area contributed by atoms with Crippen molar-refractivity contribution in [2.45, 2.75) is 0 Å². The quantitative estimate of drug-likeness (QED) is 0.818. The molecule has 0 fully saturated rings. The van der Waals surface area contributed by atoms with E-state index in [-0.39, 0.29) is 0 Å². The van der Waals surface area contributed by atoms with E-state index in [1.807, 2.05) is 0 Å². The maximum absolute atomic E-state index is 12.0. The molecule has 3 N–H and O–H groups in total. The predicted octanol–water partition coefficient (Wildman–Crippen LogP) is 1.82. The van der Waals surface area contributed by atoms with E-state index in [0.717, 1.165) is 0 Å². The van der Waals surface area contributed by atoms with Crippen molar-refractivity contribution >= 4 is 11.6 Å². The molecule has 1 amide bonds. The van der Waals surface area contributed by atoms with Gasteiger partial charge in [0.1, 0.15) is 17.2 Å². The molecule has 5 nitrogen and oxygen atoms in total. The van der Waals surface area contributed by atoms with Gasteiger partial charge >= 0.3 is 0 Å². The Morgan fingerprint density at radius 3 is 2.89 bits per heavy atom. The summed E-state index contributed by atoms with van der Waals surface area (Å²) < 4.78 is 80.8. The number of nitrogens with zero attached hydrogens (tertiary/aromatic N) is 1. The summed E-state index contributed by atoms with van der Waals surface area (Å²) >= 11 is 0. The van der Waals surface area contributed by atoms with Gasteiger partial charge in [0, 0.05) is 29.0 Å². The van der Waals surface area contributed by atoms with E-state index in [1.165, 1.54) is 0 Å². The van der Waals surface area contributed by atoms with Crippen LogP contribution in [0.2, 0.25) is 0 Å². The molecule has 92 valence electrons. The molecule has 0 bridgehead atoms. The standard InChI is InChI=1S/C13H13N3O2/c1-15-13(17)12-8-11(6-7-16-12)18-10-4-2-9(14)3-5-10/h2-8H,14H2,1H3,(H,15,17)/i1D3,2D,3D,4D,5D,6D,7D,8D. The molecule has 5 heteroatoms. The minimum absolute atomic E-state index is 0.437.